The van der Waals surface area contributed by atoms with Gasteiger partial charge < -0.3 is 10.1 Å². The lowest BCUT2D eigenvalue weighted by Crippen LogP contribution is -2.30. The van der Waals surface area contributed by atoms with Crippen LogP contribution < -0.4 is 10.1 Å². The number of rotatable bonds is 5. The molecule has 0 unspecified atom stereocenters. The number of methoxy groups -OCH3 is 1. The van der Waals surface area contributed by atoms with Crippen LogP contribution in [0.1, 0.15) is 25.7 Å². The summed E-state index contributed by atoms with van der Waals surface area (Å²) in [4.78, 5) is 8.57. The third kappa shape index (κ3) is 3.09. The standard InChI is InChI=1S/C12H18BrN3OS/c1-17-10-9(13)7-14-11(16-10)15-8-12(18-2)5-3-4-6-12/h7H,3-6,8H2,1-2H3,(H,14,15,16). The fraction of sp³-hybridized carbons (Fsp3) is 0.667. The van der Waals surface area contributed by atoms with E-state index in [0.29, 0.717) is 16.6 Å². The molecule has 0 aliphatic heterocycles. The van der Waals surface area contributed by atoms with Crippen molar-refractivity contribution in [2.45, 2.75) is 30.4 Å². The first kappa shape index (κ1) is 13.9. The fourth-order valence-electron chi connectivity index (χ4n) is 2.29. The number of anilines is 1. The third-order valence-corrected chi connectivity index (χ3v) is 5.38. The second kappa shape index (κ2) is 6.10. The normalized spacial score (nSPS) is 17.7. The van der Waals surface area contributed by atoms with Gasteiger partial charge in [0.25, 0.3) is 0 Å². The Labute approximate surface area is 120 Å². The predicted molar refractivity (Wildman–Crippen MR) is 79.5 cm³/mol. The van der Waals surface area contributed by atoms with E-state index in [4.69, 9.17) is 4.74 Å². The summed E-state index contributed by atoms with van der Waals surface area (Å²) in [6, 6.07) is 0. The second-order valence-corrected chi connectivity index (χ2v) is 6.63. The topological polar surface area (TPSA) is 47.0 Å². The molecule has 1 saturated carbocycles. The van der Waals surface area contributed by atoms with Crippen LogP contribution in [0.15, 0.2) is 10.7 Å². The number of aromatic nitrogens is 2. The van der Waals surface area contributed by atoms with E-state index in [0.717, 1.165) is 11.0 Å². The van der Waals surface area contributed by atoms with Crippen molar-refractivity contribution in [1.82, 2.24) is 9.97 Å². The van der Waals surface area contributed by atoms with E-state index in [1.807, 2.05) is 11.8 Å². The maximum Gasteiger partial charge on any atom is 0.232 e. The molecule has 1 fully saturated rings. The summed E-state index contributed by atoms with van der Waals surface area (Å²) in [6.07, 6.45) is 9.11. The van der Waals surface area contributed by atoms with Gasteiger partial charge in [0.15, 0.2) is 0 Å². The SMILES string of the molecule is COc1nc(NCC2(SC)CCCC2)ncc1Br. The van der Waals surface area contributed by atoms with E-state index in [1.165, 1.54) is 25.7 Å². The number of ether oxygens (including phenoxy) is 1. The summed E-state index contributed by atoms with van der Waals surface area (Å²) < 4.78 is 6.29. The zero-order chi connectivity index (χ0) is 13.0. The van der Waals surface area contributed by atoms with Gasteiger partial charge in [0.2, 0.25) is 11.8 Å². The smallest absolute Gasteiger partial charge is 0.232 e. The van der Waals surface area contributed by atoms with Crippen LogP contribution in [-0.2, 0) is 0 Å². The van der Waals surface area contributed by atoms with Crippen molar-refractivity contribution in [3.05, 3.63) is 10.7 Å². The molecule has 1 aliphatic carbocycles. The third-order valence-electron chi connectivity index (χ3n) is 3.42. The highest BCUT2D eigenvalue weighted by Gasteiger charge is 2.32. The summed E-state index contributed by atoms with van der Waals surface area (Å²) in [5, 5.41) is 3.34. The Balaban J connectivity index is 2.01. The molecule has 2 rings (SSSR count). The van der Waals surface area contributed by atoms with Gasteiger partial charge in [-0.15, -0.1) is 0 Å². The lowest BCUT2D eigenvalue weighted by atomic mass is 10.1. The van der Waals surface area contributed by atoms with Gasteiger partial charge in [0, 0.05) is 11.3 Å². The summed E-state index contributed by atoms with van der Waals surface area (Å²) in [5.74, 6) is 1.20. The largest absolute Gasteiger partial charge is 0.480 e. The van der Waals surface area contributed by atoms with E-state index in [2.05, 4.69) is 37.5 Å². The van der Waals surface area contributed by atoms with E-state index in [9.17, 15) is 0 Å². The molecule has 1 aromatic heterocycles. The van der Waals surface area contributed by atoms with Crippen LogP contribution in [0.3, 0.4) is 0 Å². The lowest BCUT2D eigenvalue weighted by Gasteiger charge is -2.26. The molecule has 0 bridgehead atoms. The predicted octanol–water partition coefficient (Wildman–Crippen LogP) is 3.34. The van der Waals surface area contributed by atoms with E-state index >= 15 is 0 Å². The Morgan fingerprint density at radius 2 is 2.22 bits per heavy atom. The quantitative estimate of drug-likeness (QED) is 0.896. The van der Waals surface area contributed by atoms with Gasteiger partial charge in [-0.2, -0.15) is 16.7 Å². The van der Waals surface area contributed by atoms with Crippen LogP contribution in [0.25, 0.3) is 0 Å². The number of hydrogen-bond donors (Lipinski definition) is 1. The minimum absolute atomic E-state index is 0.351. The van der Waals surface area contributed by atoms with Crippen LogP contribution in [0.4, 0.5) is 5.95 Å². The number of hydrogen-bond acceptors (Lipinski definition) is 5. The fourth-order valence-corrected chi connectivity index (χ4v) is 3.56. The molecule has 100 valence electrons. The molecule has 1 aliphatic rings. The van der Waals surface area contributed by atoms with E-state index in [1.54, 1.807) is 13.3 Å². The van der Waals surface area contributed by atoms with Gasteiger partial charge in [-0.3, -0.25) is 0 Å². The number of halogens is 1. The van der Waals surface area contributed by atoms with Gasteiger partial charge in [-0.25, -0.2) is 4.98 Å². The first-order valence-electron chi connectivity index (χ1n) is 6.05. The average molecular weight is 332 g/mol. The maximum atomic E-state index is 5.17. The van der Waals surface area contributed by atoms with Gasteiger partial charge in [0.1, 0.15) is 0 Å². The highest BCUT2D eigenvalue weighted by molar-refractivity contribution is 9.10. The molecule has 1 N–H and O–H groups in total. The highest BCUT2D eigenvalue weighted by atomic mass is 79.9. The number of nitrogens with one attached hydrogen (secondary N) is 1. The van der Waals surface area contributed by atoms with E-state index < -0.39 is 0 Å². The lowest BCUT2D eigenvalue weighted by molar-refractivity contribution is 0.394. The summed E-state index contributed by atoms with van der Waals surface area (Å²) in [7, 11) is 1.61. The molecule has 1 heterocycles. The highest BCUT2D eigenvalue weighted by Crippen LogP contribution is 2.40. The van der Waals surface area contributed by atoms with Gasteiger partial charge in [-0.1, -0.05) is 12.8 Å². The molecular formula is C12H18BrN3OS. The molecule has 1 aromatic rings. The van der Waals surface area contributed by atoms with E-state index in [-0.39, 0.29) is 0 Å². The monoisotopic (exact) mass is 331 g/mol. The first-order chi connectivity index (χ1) is 8.69. The van der Waals surface area contributed by atoms with Gasteiger partial charge >= 0.3 is 0 Å². The van der Waals surface area contributed by atoms with Crippen molar-refractivity contribution < 1.29 is 4.74 Å². The Bertz CT molecular complexity index is 410. The van der Waals surface area contributed by atoms with Gasteiger partial charge in [0.05, 0.1) is 17.8 Å². The zero-order valence-corrected chi connectivity index (χ0v) is 13.1. The van der Waals surface area contributed by atoms with Crippen molar-refractivity contribution in [3.8, 4) is 5.88 Å². The summed E-state index contributed by atoms with van der Waals surface area (Å²) >= 11 is 5.30. The Morgan fingerprint density at radius 1 is 1.50 bits per heavy atom. The molecule has 18 heavy (non-hydrogen) atoms. The van der Waals surface area contributed by atoms with Crippen molar-refractivity contribution in [2.75, 3.05) is 25.2 Å². The zero-order valence-electron chi connectivity index (χ0n) is 10.7. The van der Waals surface area contributed by atoms with Crippen LogP contribution in [0, 0.1) is 0 Å². The first-order valence-corrected chi connectivity index (χ1v) is 8.06. The van der Waals surface area contributed by atoms with Gasteiger partial charge in [-0.05, 0) is 35.0 Å². The van der Waals surface area contributed by atoms with Crippen LogP contribution >= 0.6 is 27.7 Å². The van der Waals surface area contributed by atoms with Crippen LogP contribution in [-0.4, -0.2) is 34.6 Å². The van der Waals surface area contributed by atoms with Crippen molar-refractivity contribution in [3.63, 3.8) is 0 Å². The Kier molecular flexibility index (Phi) is 4.72. The molecule has 0 radical (unpaired) electrons. The van der Waals surface area contributed by atoms with Crippen molar-refractivity contribution >= 4 is 33.6 Å². The number of nitrogens with zero attached hydrogens (tertiary/aromatic N) is 2. The second-order valence-electron chi connectivity index (χ2n) is 4.50. The minimum atomic E-state index is 0.351. The van der Waals surface area contributed by atoms with Crippen molar-refractivity contribution in [1.29, 1.82) is 0 Å². The van der Waals surface area contributed by atoms with Crippen molar-refractivity contribution in [2.24, 2.45) is 0 Å². The summed E-state index contributed by atoms with van der Waals surface area (Å²) in [5.41, 5.74) is 0. The average Bonchev–Trinajstić information content (AvgIpc) is 2.87. The molecular weight excluding hydrogens is 314 g/mol. The van der Waals surface area contributed by atoms with Crippen LogP contribution in [0.5, 0.6) is 5.88 Å². The maximum absolute atomic E-state index is 5.17. The molecule has 0 atom stereocenters. The Hall–Kier alpha value is -0.490. The number of thioether (sulfide) groups is 1. The molecule has 0 spiro atoms. The summed E-state index contributed by atoms with van der Waals surface area (Å²) in [6.45, 7) is 0.916. The molecule has 0 saturated heterocycles. The minimum Gasteiger partial charge on any atom is -0.480 e. The molecule has 0 aromatic carbocycles. The molecule has 0 amide bonds. The Morgan fingerprint density at radius 3 is 2.83 bits per heavy atom. The van der Waals surface area contributed by atoms with Crippen LogP contribution in [0.2, 0.25) is 0 Å². The molecule has 6 heteroatoms. The molecule has 4 nitrogen and oxygen atoms in total.